The van der Waals surface area contributed by atoms with Gasteiger partial charge in [0.25, 0.3) is 0 Å². The number of ether oxygens (including phenoxy) is 1. The quantitative estimate of drug-likeness (QED) is 0.880. The number of aromatic nitrogens is 2. The summed E-state index contributed by atoms with van der Waals surface area (Å²) in [5.74, 6) is 1.57. The molecule has 0 aliphatic carbocycles. The second kappa shape index (κ2) is 4.88. The molecule has 5 nitrogen and oxygen atoms in total. The van der Waals surface area contributed by atoms with Crippen LogP contribution in [0, 0.1) is 0 Å². The van der Waals surface area contributed by atoms with Gasteiger partial charge in [-0.3, -0.25) is 9.48 Å². The zero-order chi connectivity index (χ0) is 15.3. The Morgan fingerprint density at radius 2 is 2.32 bits per heavy atom. The lowest BCUT2D eigenvalue weighted by molar-refractivity contribution is -0.116. The fraction of sp³-hybridized carbons (Fsp3) is 0.250. The molecule has 6 heteroatoms. The first-order valence-electron chi connectivity index (χ1n) is 7.06. The molecule has 0 saturated heterocycles. The molecule has 0 fully saturated rings. The number of rotatable bonds is 1. The maximum absolute atomic E-state index is 12.0. The second-order valence-electron chi connectivity index (χ2n) is 5.57. The SMILES string of the molecule is Cn1ncc2c1NC(=O)CC2C1=Cc2cc(Cl)ccc2OC1. The number of nitrogens with one attached hydrogen (secondary N) is 1. The van der Waals surface area contributed by atoms with Crippen LogP contribution in [-0.2, 0) is 11.8 Å². The molecule has 0 saturated carbocycles. The highest BCUT2D eigenvalue weighted by molar-refractivity contribution is 6.30. The van der Waals surface area contributed by atoms with Gasteiger partial charge in [0, 0.05) is 35.5 Å². The van der Waals surface area contributed by atoms with E-state index in [0.29, 0.717) is 18.1 Å². The normalized spacial score (nSPS) is 19.6. The van der Waals surface area contributed by atoms with Gasteiger partial charge in [0.1, 0.15) is 18.2 Å². The Labute approximate surface area is 132 Å². The number of hydrogen-bond donors (Lipinski definition) is 1. The van der Waals surface area contributed by atoms with E-state index in [2.05, 4.69) is 16.5 Å². The predicted molar refractivity (Wildman–Crippen MR) is 84.1 cm³/mol. The smallest absolute Gasteiger partial charge is 0.226 e. The Morgan fingerprint density at radius 1 is 1.45 bits per heavy atom. The van der Waals surface area contributed by atoms with Crippen molar-refractivity contribution in [3.05, 3.63) is 46.1 Å². The van der Waals surface area contributed by atoms with Crippen molar-refractivity contribution in [1.82, 2.24) is 9.78 Å². The summed E-state index contributed by atoms with van der Waals surface area (Å²) in [6.45, 7) is 0.473. The van der Waals surface area contributed by atoms with Crippen molar-refractivity contribution >= 4 is 29.4 Å². The van der Waals surface area contributed by atoms with E-state index in [1.54, 1.807) is 4.68 Å². The van der Waals surface area contributed by atoms with Crippen LogP contribution in [0.1, 0.15) is 23.5 Å². The van der Waals surface area contributed by atoms with Gasteiger partial charge in [-0.2, -0.15) is 5.10 Å². The molecule has 1 atom stereocenters. The Morgan fingerprint density at radius 3 is 3.18 bits per heavy atom. The second-order valence-corrected chi connectivity index (χ2v) is 6.00. The van der Waals surface area contributed by atoms with Gasteiger partial charge in [0.2, 0.25) is 5.91 Å². The monoisotopic (exact) mass is 315 g/mol. The van der Waals surface area contributed by atoms with Crippen LogP contribution >= 0.6 is 11.6 Å². The van der Waals surface area contributed by atoms with Gasteiger partial charge in [-0.25, -0.2) is 0 Å². The van der Waals surface area contributed by atoms with Crippen LogP contribution < -0.4 is 10.1 Å². The molecule has 22 heavy (non-hydrogen) atoms. The molecule has 0 bridgehead atoms. The number of aryl methyl sites for hydroxylation is 1. The van der Waals surface area contributed by atoms with Crippen molar-refractivity contribution in [3.63, 3.8) is 0 Å². The molecule has 2 aliphatic heterocycles. The summed E-state index contributed by atoms with van der Waals surface area (Å²) in [6.07, 6.45) is 4.29. The van der Waals surface area contributed by atoms with E-state index >= 15 is 0 Å². The van der Waals surface area contributed by atoms with Crippen LogP contribution in [0.5, 0.6) is 5.75 Å². The Kier molecular flexibility index (Phi) is 2.97. The van der Waals surface area contributed by atoms with Crippen molar-refractivity contribution in [1.29, 1.82) is 0 Å². The zero-order valence-corrected chi connectivity index (χ0v) is 12.7. The minimum absolute atomic E-state index is 0.00103. The number of carbonyl (C=O) groups is 1. The molecule has 0 spiro atoms. The third-order valence-corrected chi connectivity index (χ3v) is 4.38. The van der Waals surface area contributed by atoms with Gasteiger partial charge in [0.15, 0.2) is 0 Å². The van der Waals surface area contributed by atoms with Crippen molar-refractivity contribution in [3.8, 4) is 5.75 Å². The third kappa shape index (κ3) is 2.09. The number of fused-ring (bicyclic) bond motifs is 2. The van der Waals surface area contributed by atoms with E-state index < -0.39 is 0 Å². The number of hydrogen-bond acceptors (Lipinski definition) is 3. The van der Waals surface area contributed by atoms with Crippen LogP contribution in [0.15, 0.2) is 30.0 Å². The average Bonchev–Trinajstić information content (AvgIpc) is 2.87. The Balaban J connectivity index is 1.78. The lowest BCUT2D eigenvalue weighted by atomic mass is 9.85. The standard InChI is InChI=1S/C16H14ClN3O2/c1-20-16-13(7-18-20)12(6-15(21)19-16)10-4-9-5-11(17)2-3-14(9)22-8-10/h2-5,7,12H,6,8H2,1H3,(H,19,21). The maximum atomic E-state index is 12.0. The van der Waals surface area contributed by atoms with Crippen molar-refractivity contribution in [2.75, 3.05) is 11.9 Å². The van der Waals surface area contributed by atoms with E-state index in [9.17, 15) is 4.79 Å². The first kappa shape index (κ1) is 13.4. The molecule has 1 aromatic heterocycles. The molecule has 4 rings (SSSR count). The summed E-state index contributed by atoms with van der Waals surface area (Å²) in [7, 11) is 1.82. The fourth-order valence-corrected chi connectivity index (χ4v) is 3.22. The Bertz CT molecular complexity index is 810. The highest BCUT2D eigenvalue weighted by atomic mass is 35.5. The molecule has 1 aromatic carbocycles. The summed E-state index contributed by atoms with van der Waals surface area (Å²) in [6, 6.07) is 5.56. The molecule has 1 amide bonds. The highest BCUT2D eigenvalue weighted by Gasteiger charge is 2.32. The van der Waals surface area contributed by atoms with Crippen LogP contribution in [-0.4, -0.2) is 22.3 Å². The molecule has 3 heterocycles. The van der Waals surface area contributed by atoms with Crippen molar-refractivity contribution < 1.29 is 9.53 Å². The average molecular weight is 316 g/mol. The first-order valence-corrected chi connectivity index (χ1v) is 7.44. The van der Waals surface area contributed by atoms with Crippen LogP contribution in [0.4, 0.5) is 5.82 Å². The summed E-state index contributed by atoms with van der Waals surface area (Å²) in [4.78, 5) is 12.0. The van der Waals surface area contributed by atoms with Crippen molar-refractivity contribution in [2.24, 2.45) is 7.05 Å². The summed E-state index contributed by atoms with van der Waals surface area (Å²) < 4.78 is 7.50. The maximum Gasteiger partial charge on any atom is 0.226 e. The van der Waals surface area contributed by atoms with Gasteiger partial charge in [0.05, 0.1) is 6.20 Å². The van der Waals surface area contributed by atoms with E-state index in [0.717, 1.165) is 28.3 Å². The predicted octanol–water partition coefficient (Wildman–Crippen LogP) is 2.98. The molecule has 1 N–H and O–H groups in total. The third-order valence-electron chi connectivity index (χ3n) is 4.14. The number of carbonyl (C=O) groups excluding carboxylic acids is 1. The lowest BCUT2D eigenvalue weighted by Gasteiger charge is -2.28. The number of nitrogens with zero attached hydrogens (tertiary/aromatic N) is 2. The number of benzene rings is 1. The van der Waals surface area contributed by atoms with E-state index in [1.165, 1.54) is 0 Å². The van der Waals surface area contributed by atoms with Crippen molar-refractivity contribution in [2.45, 2.75) is 12.3 Å². The van der Waals surface area contributed by atoms with Crippen LogP contribution in [0.2, 0.25) is 5.02 Å². The fourth-order valence-electron chi connectivity index (χ4n) is 3.04. The lowest BCUT2D eigenvalue weighted by Crippen LogP contribution is -2.26. The molecular formula is C16H14ClN3O2. The molecule has 2 aliphatic rings. The van der Waals surface area contributed by atoms with E-state index in [4.69, 9.17) is 16.3 Å². The Hall–Kier alpha value is -2.27. The van der Waals surface area contributed by atoms with Crippen LogP contribution in [0.3, 0.4) is 0 Å². The molecular weight excluding hydrogens is 302 g/mol. The first-order chi connectivity index (χ1) is 10.6. The van der Waals surface area contributed by atoms with Crippen LogP contribution in [0.25, 0.3) is 6.08 Å². The zero-order valence-electron chi connectivity index (χ0n) is 12.0. The topological polar surface area (TPSA) is 56.2 Å². The van der Waals surface area contributed by atoms with Gasteiger partial charge < -0.3 is 10.1 Å². The number of anilines is 1. The van der Waals surface area contributed by atoms with E-state index in [-0.39, 0.29) is 11.8 Å². The summed E-state index contributed by atoms with van der Waals surface area (Å²) in [5, 5.41) is 7.80. The van der Waals surface area contributed by atoms with Gasteiger partial charge in [-0.15, -0.1) is 0 Å². The summed E-state index contributed by atoms with van der Waals surface area (Å²) in [5.41, 5.74) is 3.05. The van der Waals surface area contributed by atoms with Gasteiger partial charge in [-0.05, 0) is 29.8 Å². The highest BCUT2D eigenvalue weighted by Crippen LogP contribution is 2.40. The largest absolute Gasteiger partial charge is 0.489 e. The molecule has 1 unspecified atom stereocenters. The number of halogens is 1. The summed E-state index contributed by atoms with van der Waals surface area (Å²) >= 11 is 6.06. The van der Waals surface area contributed by atoms with E-state index in [1.807, 2.05) is 31.4 Å². The molecule has 112 valence electrons. The molecule has 2 aromatic rings. The van der Waals surface area contributed by atoms with Gasteiger partial charge in [-0.1, -0.05) is 11.6 Å². The minimum Gasteiger partial charge on any atom is -0.489 e. The minimum atomic E-state index is -0.00965. The number of amides is 1. The molecule has 0 radical (unpaired) electrons. The van der Waals surface area contributed by atoms with Gasteiger partial charge >= 0.3 is 0 Å².